The van der Waals surface area contributed by atoms with Gasteiger partial charge in [-0.1, -0.05) is 58.0 Å². The van der Waals surface area contributed by atoms with E-state index in [4.69, 9.17) is 9.31 Å². The number of rotatable bonds is 7. The van der Waals surface area contributed by atoms with Crippen LogP contribution in [0.3, 0.4) is 0 Å². The molecule has 0 aliphatic rings. The standard InChI is InChI=1S/C14H23BO2/c1-12(2)10-16-15(17-11-13(3)4)14-8-6-5-7-9-14/h5-9,12-13H,10-11H2,1-4H3. The van der Waals surface area contributed by atoms with Crippen molar-refractivity contribution in [3.8, 4) is 0 Å². The first kappa shape index (κ1) is 14.3. The van der Waals surface area contributed by atoms with Gasteiger partial charge in [0.2, 0.25) is 0 Å². The van der Waals surface area contributed by atoms with E-state index in [0.29, 0.717) is 11.8 Å². The van der Waals surface area contributed by atoms with Crippen molar-refractivity contribution in [3.05, 3.63) is 30.3 Å². The second-order valence-corrected chi connectivity index (χ2v) is 5.20. The van der Waals surface area contributed by atoms with E-state index in [1.54, 1.807) is 0 Å². The van der Waals surface area contributed by atoms with Crippen LogP contribution in [0.15, 0.2) is 30.3 Å². The average molecular weight is 234 g/mol. The van der Waals surface area contributed by atoms with Gasteiger partial charge in [0.25, 0.3) is 0 Å². The highest BCUT2D eigenvalue weighted by atomic mass is 16.6. The molecule has 0 unspecified atom stereocenters. The molecule has 0 aromatic heterocycles. The number of hydrogen-bond donors (Lipinski definition) is 0. The highest BCUT2D eigenvalue weighted by Gasteiger charge is 2.21. The molecule has 1 aromatic rings. The van der Waals surface area contributed by atoms with Crippen molar-refractivity contribution in [2.75, 3.05) is 13.2 Å². The molecule has 0 amide bonds. The predicted molar refractivity (Wildman–Crippen MR) is 73.4 cm³/mol. The lowest BCUT2D eigenvalue weighted by molar-refractivity contribution is 0.173. The van der Waals surface area contributed by atoms with Gasteiger partial charge in [-0.25, -0.2) is 0 Å². The molecule has 0 heterocycles. The molecule has 0 fully saturated rings. The Kier molecular flexibility index (Phi) is 6.31. The second-order valence-electron chi connectivity index (χ2n) is 5.20. The molecule has 0 radical (unpaired) electrons. The van der Waals surface area contributed by atoms with Crippen LogP contribution in [0.2, 0.25) is 0 Å². The lowest BCUT2D eigenvalue weighted by Crippen LogP contribution is -2.38. The van der Waals surface area contributed by atoms with Gasteiger partial charge >= 0.3 is 7.12 Å². The van der Waals surface area contributed by atoms with Gasteiger partial charge in [0, 0.05) is 13.2 Å². The van der Waals surface area contributed by atoms with Gasteiger partial charge < -0.3 is 9.31 Å². The molecule has 94 valence electrons. The minimum absolute atomic E-state index is 0.235. The summed E-state index contributed by atoms with van der Waals surface area (Å²) in [5.74, 6) is 1.03. The summed E-state index contributed by atoms with van der Waals surface area (Å²) in [7, 11) is -0.235. The Bertz CT molecular complexity index is 286. The fourth-order valence-electron chi connectivity index (χ4n) is 1.41. The smallest absolute Gasteiger partial charge is 0.407 e. The van der Waals surface area contributed by atoms with E-state index in [2.05, 4.69) is 27.7 Å². The Labute approximate surface area is 105 Å². The van der Waals surface area contributed by atoms with Crippen LogP contribution in [0.4, 0.5) is 0 Å². The van der Waals surface area contributed by atoms with Crippen molar-refractivity contribution >= 4 is 12.6 Å². The Morgan fingerprint density at radius 3 is 1.76 bits per heavy atom. The fourth-order valence-corrected chi connectivity index (χ4v) is 1.41. The molecule has 0 saturated carbocycles. The van der Waals surface area contributed by atoms with E-state index in [0.717, 1.165) is 18.7 Å². The summed E-state index contributed by atoms with van der Waals surface area (Å²) >= 11 is 0. The SMILES string of the molecule is CC(C)COB(OCC(C)C)c1ccccc1. The molecule has 0 aliphatic carbocycles. The van der Waals surface area contributed by atoms with Gasteiger partial charge in [-0.05, 0) is 17.3 Å². The van der Waals surface area contributed by atoms with Crippen LogP contribution in [0.25, 0.3) is 0 Å². The van der Waals surface area contributed by atoms with Crippen molar-refractivity contribution in [1.29, 1.82) is 0 Å². The molecule has 17 heavy (non-hydrogen) atoms. The monoisotopic (exact) mass is 234 g/mol. The topological polar surface area (TPSA) is 18.5 Å². The summed E-state index contributed by atoms with van der Waals surface area (Å²) in [6.45, 7) is 10.0. The molecule has 0 saturated heterocycles. The maximum absolute atomic E-state index is 5.82. The third-order valence-electron chi connectivity index (χ3n) is 2.23. The van der Waals surface area contributed by atoms with Crippen LogP contribution in [-0.2, 0) is 9.31 Å². The van der Waals surface area contributed by atoms with Gasteiger partial charge in [0.1, 0.15) is 0 Å². The third-order valence-corrected chi connectivity index (χ3v) is 2.23. The molecular formula is C14H23BO2. The highest BCUT2D eigenvalue weighted by molar-refractivity contribution is 6.61. The van der Waals surface area contributed by atoms with Gasteiger partial charge in [0.15, 0.2) is 0 Å². The normalized spacial score (nSPS) is 11.2. The van der Waals surface area contributed by atoms with Crippen LogP contribution in [-0.4, -0.2) is 20.3 Å². The summed E-state index contributed by atoms with van der Waals surface area (Å²) in [6, 6.07) is 10.1. The van der Waals surface area contributed by atoms with Crippen molar-refractivity contribution in [2.24, 2.45) is 11.8 Å². The zero-order chi connectivity index (χ0) is 12.7. The van der Waals surface area contributed by atoms with E-state index in [1.165, 1.54) is 0 Å². The molecule has 1 aromatic carbocycles. The lowest BCUT2D eigenvalue weighted by Gasteiger charge is -2.17. The number of benzene rings is 1. The molecule has 0 aliphatic heterocycles. The van der Waals surface area contributed by atoms with E-state index in [-0.39, 0.29) is 7.12 Å². The Morgan fingerprint density at radius 2 is 1.35 bits per heavy atom. The first-order valence-electron chi connectivity index (χ1n) is 6.37. The van der Waals surface area contributed by atoms with E-state index in [1.807, 2.05) is 30.3 Å². The van der Waals surface area contributed by atoms with E-state index < -0.39 is 0 Å². The zero-order valence-corrected chi connectivity index (χ0v) is 11.3. The summed E-state index contributed by atoms with van der Waals surface area (Å²) in [5.41, 5.74) is 1.09. The molecular weight excluding hydrogens is 211 g/mol. The summed E-state index contributed by atoms with van der Waals surface area (Å²) in [6.07, 6.45) is 0. The maximum atomic E-state index is 5.82. The quantitative estimate of drug-likeness (QED) is 0.675. The van der Waals surface area contributed by atoms with Gasteiger partial charge in [0.05, 0.1) is 0 Å². The predicted octanol–water partition coefficient (Wildman–Crippen LogP) is 2.73. The van der Waals surface area contributed by atoms with Crippen LogP contribution in [0, 0.1) is 11.8 Å². The van der Waals surface area contributed by atoms with Gasteiger partial charge in [-0.15, -0.1) is 0 Å². The van der Waals surface area contributed by atoms with Crippen molar-refractivity contribution in [1.82, 2.24) is 0 Å². The van der Waals surface area contributed by atoms with Crippen molar-refractivity contribution < 1.29 is 9.31 Å². The summed E-state index contributed by atoms with van der Waals surface area (Å²) < 4.78 is 11.6. The largest absolute Gasteiger partial charge is 0.493 e. The first-order valence-corrected chi connectivity index (χ1v) is 6.37. The Balaban J connectivity index is 2.58. The van der Waals surface area contributed by atoms with Crippen molar-refractivity contribution in [3.63, 3.8) is 0 Å². The van der Waals surface area contributed by atoms with E-state index >= 15 is 0 Å². The van der Waals surface area contributed by atoms with Crippen LogP contribution in [0.1, 0.15) is 27.7 Å². The van der Waals surface area contributed by atoms with Crippen LogP contribution >= 0.6 is 0 Å². The minimum Gasteiger partial charge on any atom is -0.407 e. The van der Waals surface area contributed by atoms with Crippen molar-refractivity contribution in [2.45, 2.75) is 27.7 Å². The minimum atomic E-state index is -0.235. The second kappa shape index (κ2) is 7.52. The third kappa shape index (κ3) is 5.90. The lowest BCUT2D eigenvalue weighted by atomic mass is 9.78. The maximum Gasteiger partial charge on any atom is 0.493 e. The fraction of sp³-hybridized carbons (Fsp3) is 0.571. The van der Waals surface area contributed by atoms with Crippen LogP contribution in [0.5, 0.6) is 0 Å². The van der Waals surface area contributed by atoms with Gasteiger partial charge in [-0.2, -0.15) is 0 Å². The summed E-state index contributed by atoms with van der Waals surface area (Å²) in [4.78, 5) is 0. The molecule has 1 rings (SSSR count). The Morgan fingerprint density at radius 1 is 0.882 bits per heavy atom. The molecule has 0 N–H and O–H groups in total. The van der Waals surface area contributed by atoms with Crippen LogP contribution < -0.4 is 5.46 Å². The summed E-state index contributed by atoms with van der Waals surface area (Å²) in [5, 5.41) is 0. The highest BCUT2D eigenvalue weighted by Crippen LogP contribution is 2.01. The zero-order valence-electron chi connectivity index (χ0n) is 11.3. The average Bonchev–Trinajstić information content (AvgIpc) is 2.29. The molecule has 3 heteroatoms. The van der Waals surface area contributed by atoms with E-state index in [9.17, 15) is 0 Å². The molecule has 2 nitrogen and oxygen atoms in total. The Hall–Kier alpha value is -0.795. The first-order chi connectivity index (χ1) is 8.09. The number of hydrogen-bond acceptors (Lipinski definition) is 2. The molecule has 0 bridgehead atoms. The molecule has 0 spiro atoms. The molecule has 0 atom stereocenters. The van der Waals surface area contributed by atoms with Gasteiger partial charge in [-0.3, -0.25) is 0 Å².